The van der Waals surface area contributed by atoms with E-state index in [1.807, 2.05) is 45.0 Å². The number of nitrogens with zero attached hydrogens (tertiary/aromatic N) is 1. The van der Waals surface area contributed by atoms with Gasteiger partial charge in [-0.15, -0.1) is 0 Å². The van der Waals surface area contributed by atoms with E-state index in [-0.39, 0.29) is 23.3 Å². The predicted octanol–water partition coefficient (Wildman–Crippen LogP) is 3.55. The first-order chi connectivity index (χ1) is 10.4. The molecule has 1 amide bonds. The third-order valence-electron chi connectivity index (χ3n) is 4.44. The highest BCUT2D eigenvalue weighted by atomic mass is 16.3. The van der Waals surface area contributed by atoms with Gasteiger partial charge in [-0.25, -0.2) is 0 Å². The Balaban J connectivity index is 2.54. The van der Waals surface area contributed by atoms with E-state index in [4.69, 9.17) is 0 Å². The summed E-state index contributed by atoms with van der Waals surface area (Å²) in [4.78, 5) is 26.1. The van der Waals surface area contributed by atoms with Crippen molar-refractivity contribution in [2.45, 2.75) is 46.6 Å². The van der Waals surface area contributed by atoms with Gasteiger partial charge in [-0.2, -0.15) is 0 Å². The molecule has 1 aromatic carbocycles. The van der Waals surface area contributed by atoms with Crippen LogP contribution in [0.2, 0.25) is 0 Å². The number of hydrogen-bond acceptors (Lipinski definition) is 3. The summed E-state index contributed by atoms with van der Waals surface area (Å²) in [5, 5.41) is 10.2. The number of hydrogen-bond donors (Lipinski definition) is 1. The number of aliphatic hydroxyl groups is 1. The zero-order chi connectivity index (χ0) is 16.4. The Labute approximate surface area is 131 Å². The number of aliphatic hydroxyl groups excluding tert-OH is 1. The van der Waals surface area contributed by atoms with Crippen molar-refractivity contribution in [1.29, 1.82) is 0 Å². The normalized spacial score (nSPS) is 18.5. The topological polar surface area (TPSA) is 57.6 Å². The third kappa shape index (κ3) is 2.65. The molecular formula is C18H23NO3. The standard InChI is InChI=1S/C18H23NO3/c1-5-13(6-2)16-15(12(4)20)17(21)18(22)19(16)14-9-7-11(3)8-10-14/h7-10,13,16,21H,5-6H2,1-4H3. The van der Waals surface area contributed by atoms with E-state index in [1.54, 1.807) is 4.90 Å². The highest BCUT2D eigenvalue weighted by Gasteiger charge is 2.45. The molecule has 0 saturated carbocycles. The number of anilines is 1. The second-order valence-electron chi connectivity index (χ2n) is 5.85. The molecule has 0 aromatic heterocycles. The number of carbonyl (C=O) groups excluding carboxylic acids is 2. The van der Waals surface area contributed by atoms with Crippen molar-refractivity contribution in [3.63, 3.8) is 0 Å². The first-order valence-electron chi connectivity index (χ1n) is 7.76. The molecule has 0 radical (unpaired) electrons. The Morgan fingerprint density at radius 2 is 1.77 bits per heavy atom. The van der Waals surface area contributed by atoms with E-state index < -0.39 is 11.7 Å². The molecule has 0 aliphatic carbocycles. The Morgan fingerprint density at radius 3 is 2.23 bits per heavy atom. The molecule has 1 unspecified atom stereocenters. The van der Waals surface area contributed by atoms with Crippen molar-refractivity contribution in [2.24, 2.45) is 5.92 Å². The molecule has 0 fully saturated rings. The van der Waals surface area contributed by atoms with Crippen LogP contribution in [-0.4, -0.2) is 22.8 Å². The molecule has 1 aromatic rings. The minimum atomic E-state index is -0.481. The largest absolute Gasteiger partial charge is 0.503 e. The van der Waals surface area contributed by atoms with Gasteiger partial charge in [-0.1, -0.05) is 44.4 Å². The summed E-state index contributed by atoms with van der Waals surface area (Å²) in [7, 11) is 0. The van der Waals surface area contributed by atoms with Crippen LogP contribution in [0.25, 0.3) is 0 Å². The van der Waals surface area contributed by atoms with E-state index in [9.17, 15) is 14.7 Å². The molecule has 1 atom stereocenters. The number of amides is 1. The van der Waals surface area contributed by atoms with Gasteiger partial charge in [0.2, 0.25) is 0 Å². The van der Waals surface area contributed by atoms with E-state index >= 15 is 0 Å². The second kappa shape index (κ2) is 6.34. The smallest absolute Gasteiger partial charge is 0.294 e. The molecule has 4 heteroatoms. The summed E-state index contributed by atoms with van der Waals surface area (Å²) >= 11 is 0. The van der Waals surface area contributed by atoms with Gasteiger partial charge in [0, 0.05) is 5.69 Å². The lowest BCUT2D eigenvalue weighted by Crippen LogP contribution is -2.41. The summed E-state index contributed by atoms with van der Waals surface area (Å²) in [6.07, 6.45) is 1.67. The number of ketones is 1. The molecule has 22 heavy (non-hydrogen) atoms. The molecule has 1 N–H and O–H groups in total. The van der Waals surface area contributed by atoms with Crippen molar-refractivity contribution < 1.29 is 14.7 Å². The highest BCUT2D eigenvalue weighted by Crippen LogP contribution is 2.37. The predicted molar refractivity (Wildman–Crippen MR) is 86.9 cm³/mol. The van der Waals surface area contributed by atoms with Crippen LogP contribution in [0.5, 0.6) is 0 Å². The molecule has 1 aliphatic heterocycles. The SMILES string of the molecule is CCC(CC)C1C(C(C)=O)=C(O)C(=O)N1c1ccc(C)cc1. The quantitative estimate of drug-likeness (QED) is 0.905. The van der Waals surface area contributed by atoms with E-state index in [0.29, 0.717) is 0 Å². The van der Waals surface area contributed by atoms with Crippen LogP contribution in [-0.2, 0) is 9.59 Å². The van der Waals surface area contributed by atoms with Crippen molar-refractivity contribution in [2.75, 3.05) is 4.90 Å². The van der Waals surface area contributed by atoms with Gasteiger partial charge < -0.3 is 5.11 Å². The molecule has 1 aliphatic rings. The monoisotopic (exact) mass is 301 g/mol. The van der Waals surface area contributed by atoms with E-state index in [2.05, 4.69) is 0 Å². The zero-order valence-corrected chi connectivity index (χ0v) is 13.6. The Bertz CT molecular complexity index is 612. The number of rotatable bonds is 5. The minimum absolute atomic E-state index is 0.133. The van der Waals surface area contributed by atoms with E-state index in [0.717, 1.165) is 24.1 Å². The average Bonchev–Trinajstić information content (AvgIpc) is 2.74. The number of benzene rings is 1. The summed E-state index contributed by atoms with van der Waals surface area (Å²) in [5.74, 6) is -0.984. The van der Waals surface area contributed by atoms with Gasteiger partial charge in [0.1, 0.15) is 0 Å². The lowest BCUT2D eigenvalue weighted by atomic mass is 9.87. The van der Waals surface area contributed by atoms with Gasteiger partial charge in [0.15, 0.2) is 11.5 Å². The minimum Gasteiger partial charge on any atom is -0.503 e. The van der Waals surface area contributed by atoms with E-state index in [1.165, 1.54) is 6.92 Å². The first-order valence-corrected chi connectivity index (χ1v) is 7.76. The maximum atomic E-state index is 12.5. The molecule has 0 saturated heterocycles. The van der Waals surface area contributed by atoms with Crippen molar-refractivity contribution >= 4 is 17.4 Å². The van der Waals surface area contributed by atoms with Crippen LogP contribution >= 0.6 is 0 Å². The molecule has 0 bridgehead atoms. The van der Waals surface area contributed by atoms with Crippen molar-refractivity contribution in [1.82, 2.24) is 0 Å². The fourth-order valence-corrected chi connectivity index (χ4v) is 3.16. The molecule has 2 rings (SSSR count). The van der Waals surface area contributed by atoms with Crippen molar-refractivity contribution in [3.05, 3.63) is 41.2 Å². The number of aryl methyl sites for hydroxylation is 1. The van der Waals surface area contributed by atoms with Crippen molar-refractivity contribution in [3.8, 4) is 0 Å². The zero-order valence-electron chi connectivity index (χ0n) is 13.6. The maximum Gasteiger partial charge on any atom is 0.294 e. The van der Waals surface area contributed by atoms with Gasteiger partial charge >= 0.3 is 0 Å². The lowest BCUT2D eigenvalue weighted by molar-refractivity contribution is -0.117. The summed E-state index contributed by atoms with van der Waals surface area (Å²) in [5.41, 5.74) is 2.06. The fourth-order valence-electron chi connectivity index (χ4n) is 3.16. The summed E-state index contributed by atoms with van der Waals surface area (Å²) < 4.78 is 0. The van der Waals surface area contributed by atoms with Gasteiger partial charge in [-0.05, 0) is 31.9 Å². The molecular weight excluding hydrogens is 278 g/mol. The van der Waals surface area contributed by atoms with Crippen LogP contribution < -0.4 is 4.90 Å². The summed E-state index contributed by atoms with van der Waals surface area (Å²) in [6, 6.07) is 7.19. The third-order valence-corrected chi connectivity index (χ3v) is 4.44. The average molecular weight is 301 g/mol. The molecule has 0 spiro atoms. The number of Topliss-reactive ketones (excluding diaryl/α,β-unsaturated/α-hetero) is 1. The molecule has 4 nitrogen and oxygen atoms in total. The van der Waals surface area contributed by atoms with Gasteiger partial charge in [0.25, 0.3) is 5.91 Å². The van der Waals surface area contributed by atoms with Crippen LogP contribution in [0.4, 0.5) is 5.69 Å². The Kier molecular flexibility index (Phi) is 4.69. The van der Waals surface area contributed by atoms with Crippen LogP contribution in [0.1, 0.15) is 39.2 Å². The Morgan fingerprint density at radius 1 is 1.23 bits per heavy atom. The lowest BCUT2D eigenvalue weighted by Gasteiger charge is -2.32. The van der Waals surface area contributed by atoms with Crippen LogP contribution in [0.3, 0.4) is 0 Å². The maximum absolute atomic E-state index is 12.5. The van der Waals surface area contributed by atoms with Crippen LogP contribution in [0.15, 0.2) is 35.6 Å². The second-order valence-corrected chi connectivity index (χ2v) is 5.85. The van der Waals surface area contributed by atoms with Crippen LogP contribution in [0, 0.1) is 12.8 Å². The first kappa shape index (κ1) is 16.3. The highest BCUT2D eigenvalue weighted by molar-refractivity contribution is 6.16. The Hall–Kier alpha value is -2.10. The molecule has 1 heterocycles. The summed E-state index contributed by atoms with van der Waals surface area (Å²) in [6.45, 7) is 7.47. The van der Waals surface area contributed by atoms with Gasteiger partial charge in [0.05, 0.1) is 11.6 Å². The number of carbonyl (C=O) groups is 2. The fraction of sp³-hybridized carbons (Fsp3) is 0.444. The molecule has 118 valence electrons. The van der Waals surface area contributed by atoms with Gasteiger partial charge in [-0.3, -0.25) is 14.5 Å².